The first-order valence-corrected chi connectivity index (χ1v) is 7.76. The molecular formula is C11H16ClNO5S. The number of nitrogens with one attached hydrogen (secondary N) is 1. The molecule has 0 radical (unpaired) electrons. The summed E-state index contributed by atoms with van der Waals surface area (Å²) in [7, 11) is 2.82. The highest BCUT2D eigenvalue weighted by atomic mass is 35.7. The Bertz CT molecular complexity index is 576. The molecule has 1 amide bonds. The van der Waals surface area contributed by atoms with Gasteiger partial charge < -0.3 is 14.5 Å². The molecule has 1 heterocycles. The zero-order valence-electron chi connectivity index (χ0n) is 11.1. The summed E-state index contributed by atoms with van der Waals surface area (Å²) in [6.07, 6.45) is 0. The number of hydrogen-bond acceptors (Lipinski definition) is 5. The van der Waals surface area contributed by atoms with Gasteiger partial charge in [0.15, 0.2) is 5.76 Å². The van der Waals surface area contributed by atoms with Crippen molar-refractivity contribution in [3.05, 3.63) is 17.6 Å². The first kappa shape index (κ1) is 16.0. The van der Waals surface area contributed by atoms with Crippen LogP contribution >= 0.6 is 10.7 Å². The van der Waals surface area contributed by atoms with Crippen LogP contribution in [0.15, 0.2) is 15.4 Å². The fraction of sp³-hybridized carbons (Fsp3) is 0.545. The molecule has 8 heteroatoms. The minimum absolute atomic E-state index is 0.0751. The minimum Gasteiger partial charge on any atom is -0.455 e. The standard InChI is InChI=1S/C11H16ClNO5S/c1-7-9(19(12,15)16)5-8(18-7)10(14)13-6-11(2,3)17-4/h5H,6H2,1-4H3,(H,13,14). The van der Waals surface area contributed by atoms with E-state index in [1.807, 2.05) is 0 Å². The molecule has 0 aliphatic carbocycles. The highest BCUT2D eigenvalue weighted by Gasteiger charge is 2.24. The number of carbonyl (C=O) groups is 1. The second kappa shape index (κ2) is 5.52. The van der Waals surface area contributed by atoms with Crippen LogP contribution in [0.3, 0.4) is 0 Å². The number of rotatable bonds is 5. The van der Waals surface area contributed by atoms with Gasteiger partial charge in [0, 0.05) is 30.4 Å². The molecule has 1 rings (SSSR count). The smallest absolute Gasteiger partial charge is 0.287 e. The summed E-state index contributed by atoms with van der Waals surface area (Å²) in [5.74, 6) is -0.561. The second-order valence-electron chi connectivity index (χ2n) is 4.62. The maximum absolute atomic E-state index is 11.8. The Kier molecular flexibility index (Phi) is 4.65. The second-order valence-corrected chi connectivity index (χ2v) is 7.15. The maximum Gasteiger partial charge on any atom is 0.287 e. The first-order chi connectivity index (χ1) is 8.57. The van der Waals surface area contributed by atoms with Crippen LogP contribution in [-0.4, -0.2) is 33.6 Å². The molecule has 6 nitrogen and oxygen atoms in total. The van der Waals surface area contributed by atoms with E-state index in [1.165, 1.54) is 14.0 Å². The van der Waals surface area contributed by atoms with E-state index in [0.717, 1.165) is 6.07 Å². The SMILES string of the molecule is COC(C)(C)CNC(=O)c1cc(S(=O)(=O)Cl)c(C)o1. The lowest BCUT2D eigenvalue weighted by Gasteiger charge is -2.22. The molecule has 19 heavy (non-hydrogen) atoms. The van der Waals surface area contributed by atoms with E-state index in [2.05, 4.69) is 5.32 Å². The molecule has 0 spiro atoms. The van der Waals surface area contributed by atoms with Gasteiger partial charge in [0.1, 0.15) is 10.7 Å². The van der Waals surface area contributed by atoms with Gasteiger partial charge in [-0.1, -0.05) is 0 Å². The van der Waals surface area contributed by atoms with Gasteiger partial charge >= 0.3 is 0 Å². The molecule has 1 N–H and O–H groups in total. The lowest BCUT2D eigenvalue weighted by Crippen LogP contribution is -2.39. The van der Waals surface area contributed by atoms with E-state index in [9.17, 15) is 13.2 Å². The fourth-order valence-corrected chi connectivity index (χ4v) is 2.36. The third-order valence-electron chi connectivity index (χ3n) is 2.59. The summed E-state index contributed by atoms with van der Waals surface area (Å²) in [5, 5.41) is 2.59. The molecule has 1 aromatic rings. The van der Waals surface area contributed by atoms with Gasteiger partial charge in [0.2, 0.25) is 0 Å². The average molecular weight is 310 g/mol. The predicted octanol–water partition coefficient (Wildman–Crippen LogP) is 1.67. The molecule has 0 saturated carbocycles. The van der Waals surface area contributed by atoms with Crippen LogP contribution in [0.5, 0.6) is 0 Å². The first-order valence-electron chi connectivity index (χ1n) is 5.45. The zero-order chi connectivity index (χ0) is 14.8. The largest absolute Gasteiger partial charge is 0.455 e. The van der Waals surface area contributed by atoms with Crippen molar-refractivity contribution in [1.82, 2.24) is 5.32 Å². The Morgan fingerprint density at radius 1 is 1.53 bits per heavy atom. The number of furan rings is 1. The maximum atomic E-state index is 11.8. The Hall–Kier alpha value is -1.05. The number of aryl methyl sites for hydroxylation is 1. The van der Waals surface area contributed by atoms with Crippen LogP contribution in [0.4, 0.5) is 0 Å². The molecule has 108 valence electrons. The van der Waals surface area contributed by atoms with Gasteiger partial charge in [-0.05, 0) is 20.8 Å². The van der Waals surface area contributed by atoms with Crippen molar-refractivity contribution < 1.29 is 22.4 Å². The molecule has 1 aromatic heterocycles. The summed E-state index contributed by atoms with van der Waals surface area (Å²) in [4.78, 5) is 11.6. The molecule has 0 unspecified atom stereocenters. The van der Waals surface area contributed by atoms with Gasteiger partial charge in [0.25, 0.3) is 15.0 Å². The normalized spacial score (nSPS) is 12.5. The lowest BCUT2D eigenvalue weighted by molar-refractivity contribution is 0.0225. The van der Waals surface area contributed by atoms with Crippen LogP contribution in [0.2, 0.25) is 0 Å². The average Bonchev–Trinajstić information content (AvgIpc) is 2.68. The van der Waals surface area contributed by atoms with E-state index >= 15 is 0 Å². The van der Waals surface area contributed by atoms with Gasteiger partial charge in [-0.2, -0.15) is 0 Å². The van der Waals surface area contributed by atoms with Gasteiger partial charge in [-0.3, -0.25) is 4.79 Å². The summed E-state index contributed by atoms with van der Waals surface area (Å²) < 4.78 is 32.6. The molecule has 0 aliphatic rings. The molecule has 0 fully saturated rings. The number of halogens is 1. The molecule has 0 aromatic carbocycles. The van der Waals surface area contributed by atoms with E-state index in [4.69, 9.17) is 19.8 Å². The van der Waals surface area contributed by atoms with Gasteiger partial charge in [0.05, 0.1) is 5.60 Å². The third kappa shape index (κ3) is 4.22. The van der Waals surface area contributed by atoms with Crippen LogP contribution in [0.1, 0.15) is 30.2 Å². The Morgan fingerprint density at radius 2 is 2.11 bits per heavy atom. The van der Waals surface area contributed by atoms with Crippen molar-refractivity contribution in [3.63, 3.8) is 0 Å². The van der Waals surface area contributed by atoms with Crippen molar-refractivity contribution in [2.24, 2.45) is 0 Å². The minimum atomic E-state index is -3.92. The van der Waals surface area contributed by atoms with E-state index in [1.54, 1.807) is 13.8 Å². The Balaban J connectivity index is 2.85. The van der Waals surface area contributed by atoms with Gasteiger partial charge in [-0.15, -0.1) is 0 Å². The topological polar surface area (TPSA) is 85.6 Å². The quantitative estimate of drug-likeness (QED) is 0.836. The predicted molar refractivity (Wildman–Crippen MR) is 69.9 cm³/mol. The van der Waals surface area contributed by atoms with E-state index in [-0.39, 0.29) is 23.0 Å². The molecule has 0 saturated heterocycles. The molecular weight excluding hydrogens is 294 g/mol. The Morgan fingerprint density at radius 3 is 2.53 bits per heavy atom. The van der Waals surface area contributed by atoms with Crippen molar-refractivity contribution >= 4 is 25.6 Å². The van der Waals surface area contributed by atoms with Gasteiger partial charge in [-0.25, -0.2) is 8.42 Å². The highest BCUT2D eigenvalue weighted by Crippen LogP contribution is 2.23. The van der Waals surface area contributed by atoms with Crippen LogP contribution in [0.25, 0.3) is 0 Å². The number of hydrogen-bond donors (Lipinski definition) is 1. The van der Waals surface area contributed by atoms with Crippen LogP contribution in [0, 0.1) is 6.92 Å². The van der Waals surface area contributed by atoms with Crippen LogP contribution < -0.4 is 5.32 Å². The lowest BCUT2D eigenvalue weighted by atomic mass is 10.1. The highest BCUT2D eigenvalue weighted by molar-refractivity contribution is 8.13. The number of methoxy groups -OCH3 is 1. The van der Waals surface area contributed by atoms with Crippen molar-refractivity contribution in [2.75, 3.05) is 13.7 Å². The molecule has 0 aliphatic heterocycles. The summed E-state index contributed by atoms with van der Waals surface area (Å²) >= 11 is 0. The van der Waals surface area contributed by atoms with Crippen molar-refractivity contribution in [1.29, 1.82) is 0 Å². The van der Waals surface area contributed by atoms with Crippen molar-refractivity contribution in [2.45, 2.75) is 31.3 Å². The van der Waals surface area contributed by atoms with Crippen molar-refractivity contribution in [3.8, 4) is 0 Å². The molecule has 0 bridgehead atoms. The Labute approximate surface area is 116 Å². The zero-order valence-corrected chi connectivity index (χ0v) is 12.7. The number of ether oxygens (including phenoxy) is 1. The summed E-state index contributed by atoms with van der Waals surface area (Å²) in [6.45, 7) is 5.28. The third-order valence-corrected chi connectivity index (χ3v) is 4.02. The molecule has 0 atom stereocenters. The summed E-state index contributed by atoms with van der Waals surface area (Å²) in [5.41, 5.74) is -0.529. The monoisotopic (exact) mass is 309 g/mol. The number of amides is 1. The number of carbonyl (C=O) groups excluding carboxylic acids is 1. The fourth-order valence-electron chi connectivity index (χ4n) is 1.27. The van der Waals surface area contributed by atoms with E-state index < -0.39 is 20.6 Å². The van der Waals surface area contributed by atoms with E-state index in [0.29, 0.717) is 0 Å². The van der Waals surface area contributed by atoms with Crippen LogP contribution in [-0.2, 0) is 13.8 Å². The summed E-state index contributed by atoms with van der Waals surface area (Å²) in [6, 6.07) is 1.10.